The van der Waals surface area contributed by atoms with Crippen LogP contribution in [0.5, 0.6) is 5.75 Å². The molecule has 0 aliphatic heterocycles. The van der Waals surface area contributed by atoms with E-state index in [1.165, 1.54) is 16.9 Å². The molecule has 0 spiro atoms. The van der Waals surface area contributed by atoms with Crippen LogP contribution in [0.15, 0.2) is 70.6 Å². The Hall–Kier alpha value is -2.61. The van der Waals surface area contributed by atoms with Gasteiger partial charge in [0.1, 0.15) is 12.4 Å². The molecule has 158 valence electrons. The van der Waals surface area contributed by atoms with Gasteiger partial charge in [-0.3, -0.25) is 9.48 Å². The lowest BCUT2D eigenvalue weighted by atomic mass is 10.2. The number of ether oxygens (including phenoxy) is 1. The predicted octanol–water partition coefficient (Wildman–Crippen LogP) is 6.55. The Labute approximate surface area is 197 Å². The monoisotopic (exact) mass is 515 g/mol. The Bertz CT molecular complexity index is 1190. The zero-order valence-corrected chi connectivity index (χ0v) is 19.8. The summed E-state index contributed by atoms with van der Waals surface area (Å²) in [6, 6.07) is 17.3. The molecule has 2 heterocycles. The highest BCUT2D eigenvalue weighted by molar-refractivity contribution is 9.10. The molecule has 0 saturated carbocycles. The maximum Gasteiger partial charge on any atom is 0.266 e. The van der Waals surface area contributed by atoms with Gasteiger partial charge in [-0.25, -0.2) is 0 Å². The zero-order chi connectivity index (χ0) is 21.8. The first-order valence-corrected chi connectivity index (χ1v) is 11.6. The van der Waals surface area contributed by atoms with Crippen molar-refractivity contribution in [2.24, 2.45) is 0 Å². The molecular formula is C23H19BrClN3O2S. The third kappa shape index (κ3) is 5.76. The van der Waals surface area contributed by atoms with E-state index in [1.807, 2.05) is 73.1 Å². The van der Waals surface area contributed by atoms with Crippen LogP contribution in [-0.4, -0.2) is 15.7 Å². The zero-order valence-electron chi connectivity index (χ0n) is 16.6. The topological polar surface area (TPSA) is 56.1 Å². The van der Waals surface area contributed by atoms with Crippen molar-refractivity contribution in [3.05, 3.63) is 97.2 Å². The average molecular weight is 517 g/mol. The Morgan fingerprint density at radius 1 is 1.16 bits per heavy atom. The number of hydrogen-bond donors (Lipinski definition) is 1. The first-order valence-electron chi connectivity index (χ1n) is 9.52. The number of carbonyl (C=O) groups excluding carboxylic acids is 1. The molecule has 5 nitrogen and oxygen atoms in total. The standard InChI is InChI=1S/C23H19BrClN3O2S/c1-15-2-8-19(9-3-15)30-13-17-10-21(31-14-17)23(29)26-22-20(24)12-28(27-22)11-16-4-6-18(25)7-5-16/h2-10,12,14H,11,13H2,1H3,(H,26,27,29). The second-order valence-electron chi connectivity index (χ2n) is 7.02. The summed E-state index contributed by atoms with van der Waals surface area (Å²) in [5.41, 5.74) is 3.19. The van der Waals surface area contributed by atoms with Gasteiger partial charge < -0.3 is 10.1 Å². The summed E-state index contributed by atoms with van der Waals surface area (Å²) in [6.45, 7) is 3.02. The smallest absolute Gasteiger partial charge is 0.266 e. The maximum atomic E-state index is 12.7. The van der Waals surface area contributed by atoms with Crippen molar-refractivity contribution < 1.29 is 9.53 Å². The Morgan fingerprint density at radius 3 is 2.65 bits per heavy atom. The molecular weight excluding hydrogens is 498 g/mol. The number of nitrogens with one attached hydrogen (secondary N) is 1. The van der Waals surface area contributed by atoms with Crippen molar-refractivity contribution in [2.75, 3.05) is 5.32 Å². The van der Waals surface area contributed by atoms with Crippen LogP contribution in [0, 0.1) is 6.92 Å². The fourth-order valence-corrected chi connectivity index (χ4v) is 4.21. The van der Waals surface area contributed by atoms with Gasteiger partial charge in [-0.2, -0.15) is 5.10 Å². The molecule has 0 radical (unpaired) electrons. The van der Waals surface area contributed by atoms with Crippen LogP contribution in [0.4, 0.5) is 5.82 Å². The van der Waals surface area contributed by atoms with Gasteiger partial charge in [-0.05, 0) is 64.1 Å². The normalized spacial score (nSPS) is 10.8. The largest absolute Gasteiger partial charge is 0.489 e. The van der Waals surface area contributed by atoms with Gasteiger partial charge in [-0.1, -0.05) is 41.4 Å². The quantitative estimate of drug-likeness (QED) is 0.303. The molecule has 31 heavy (non-hydrogen) atoms. The van der Waals surface area contributed by atoms with E-state index < -0.39 is 0 Å². The van der Waals surface area contributed by atoms with Crippen molar-refractivity contribution >= 4 is 50.6 Å². The second-order valence-corrected chi connectivity index (χ2v) is 9.23. The molecule has 2 aromatic heterocycles. The van der Waals surface area contributed by atoms with Gasteiger partial charge in [0.05, 0.1) is 15.9 Å². The first-order chi connectivity index (χ1) is 15.0. The molecule has 4 rings (SSSR count). The summed E-state index contributed by atoms with van der Waals surface area (Å²) in [7, 11) is 0. The molecule has 0 bridgehead atoms. The van der Waals surface area contributed by atoms with Gasteiger partial charge in [0.25, 0.3) is 5.91 Å². The van der Waals surface area contributed by atoms with Crippen LogP contribution in [0.25, 0.3) is 0 Å². The minimum Gasteiger partial charge on any atom is -0.489 e. The van der Waals surface area contributed by atoms with E-state index >= 15 is 0 Å². The summed E-state index contributed by atoms with van der Waals surface area (Å²) in [6.07, 6.45) is 1.83. The van der Waals surface area contributed by atoms with E-state index in [1.54, 1.807) is 4.68 Å². The molecule has 1 N–H and O–H groups in total. The number of thiophene rings is 1. The number of rotatable bonds is 7. The summed E-state index contributed by atoms with van der Waals surface area (Å²) >= 11 is 10.8. The number of aryl methyl sites for hydroxylation is 1. The highest BCUT2D eigenvalue weighted by atomic mass is 79.9. The van der Waals surface area contributed by atoms with Crippen molar-refractivity contribution in [3.63, 3.8) is 0 Å². The summed E-state index contributed by atoms with van der Waals surface area (Å²) < 4.78 is 8.27. The lowest BCUT2D eigenvalue weighted by Gasteiger charge is -2.04. The molecule has 0 saturated heterocycles. The molecule has 0 fully saturated rings. The van der Waals surface area contributed by atoms with E-state index in [4.69, 9.17) is 16.3 Å². The lowest BCUT2D eigenvalue weighted by molar-refractivity contribution is 0.103. The van der Waals surface area contributed by atoms with Crippen molar-refractivity contribution in [1.29, 1.82) is 0 Å². The van der Waals surface area contributed by atoms with Crippen LogP contribution >= 0.6 is 38.9 Å². The summed E-state index contributed by atoms with van der Waals surface area (Å²) in [5.74, 6) is 1.08. The van der Waals surface area contributed by atoms with E-state index in [2.05, 4.69) is 26.3 Å². The molecule has 0 unspecified atom stereocenters. The summed E-state index contributed by atoms with van der Waals surface area (Å²) in [5, 5.41) is 9.95. The fourth-order valence-electron chi connectivity index (χ4n) is 2.88. The first kappa shape index (κ1) is 21.6. The number of anilines is 1. The van der Waals surface area contributed by atoms with Crippen LogP contribution in [-0.2, 0) is 13.2 Å². The van der Waals surface area contributed by atoms with Crippen molar-refractivity contribution in [1.82, 2.24) is 9.78 Å². The Kier molecular flexibility index (Phi) is 6.75. The van der Waals surface area contributed by atoms with E-state index in [9.17, 15) is 4.79 Å². The predicted molar refractivity (Wildman–Crippen MR) is 128 cm³/mol. The van der Waals surface area contributed by atoms with Gasteiger partial charge in [0.2, 0.25) is 0 Å². The van der Waals surface area contributed by atoms with E-state index in [0.717, 1.165) is 16.9 Å². The van der Waals surface area contributed by atoms with Crippen LogP contribution in [0.3, 0.4) is 0 Å². The van der Waals surface area contributed by atoms with Gasteiger partial charge >= 0.3 is 0 Å². The number of aromatic nitrogens is 2. The average Bonchev–Trinajstić information content (AvgIpc) is 3.36. The molecule has 8 heteroatoms. The van der Waals surface area contributed by atoms with Crippen molar-refractivity contribution in [2.45, 2.75) is 20.1 Å². The second kappa shape index (κ2) is 9.68. The minimum atomic E-state index is -0.205. The Balaban J connectivity index is 1.36. The number of benzene rings is 2. The minimum absolute atomic E-state index is 0.205. The van der Waals surface area contributed by atoms with Crippen LogP contribution in [0.1, 0.15) is 26.4 Å². The van der Waals surface area contributed by atoms with Crippen molar-refractivity contribution in [3.8, 4) is 5.75 Å². The van der Waals surface area contributed by atoms with Gasteiger partial charge in [0.15, 0.2) is 5.82 Å². The van der Waals surface area contributed by atoms with E-state index in [-0.39, 0.29) is 5.91 Å². The number of halogens is 2. The molecule has 0 atom stereocenters. The molecule has 0 aliphatic rings. The van der Waals surface area contributed by atoms with E-state index in [0.29, 0.717) is 33.3 Å². The SMILES string of the molecule is Cc1ccc(OCc2csc(C(=O)Nc3nn(Cc4ccc(Cl)cc4)cc3Br)c2)cc1. The fraction of sp³-hybridized carbons (Fsp3) is 0.130. The van der Waals surface area contributed by atoms with Crippen LogP contribution in [0.2, 0.25) is 5.02 Å². The van der Waals surface area contributed by atoms with Gasteiger partial charge in [0, 0.05) is 16.8 Å². The number of hydrogen-bond acceptors (Lipinski definition) is 4. The maximum absolute atomic E-state index is 12.7. The molecule has 4 aromatic rings. The molecule has 2 aromatic carbocycles. The summed E-state index contributed by atoms with van der Waals surface area (Å²) in [4.78, 5) is 13.3. The molecule has 1 amide bonds. The third-order valence-corrected chi connectivity index (χ3v) is 6.32. The highest BCUT2D eigenvalue weighted by Gasteiger charge is 2.14. The third-order valence-electron chi connectivity index (χ3n) is 4.51. The Morgan fingerprint density at radius 2 is 1.90 bits per heavy atom. The number of nitrogens with zero attached hydrogens (tertiary/aromatic N) is 2. The number of carbonyl (C=O) groups is 1. The highest BCUT2D eigenvalue weighted by Crippen LogP contribution is 2.24. The van der Waals surface area contributed by atoms with Gasteiger partial charge in [-0.15, -0.1) is 11.3 Å². The lowest BCUT2D eigenvalue weighted by Crippen LogP contribution is -2.11. The molecule has 0 aliphatic carbocycles. The van der Waals surface area contributed by atoms with Crippen LogP contribution < -0.4 is 10.1 Å². The number of amides is 1.